The van der Waals surface area contributed by atoms with Crippen molar-refractivity contribution in [3.8, 4) is 22.9 Å². The molecule has 3 aromatic rings. The zero-order chi connectivity index (χ0) is 16.5. The van der Waals surface area contributed by atoms with Gasteiger partial charge < -0.3 is 14.3 Å². The van der Waals surface area contributed by atoms with E-state index in [0.717, 1.165) is 25.2 Å². The molecular formula is C17H20ClN5O2. The highest BCUT2D eigenvalue weighted by atomic mass is 35.5. The van der Waals surface area contributed by atoms with Crippen molar-refractivity contribution in [3.63, 3.8) is 0 Å². The monoisotopic (exact) mass is 361 g/mol. The molecule has 132 valence electrons. The number of oxazole rings is 1. The Morgan fingerprint density at radius 3 is 2.80 bits per heavy atom. The van der Waals surface area contributed by atoms with E-state index >= 15 is 0 Å². The Morgan fingerprint density at radius 2 is 2.04 bits per heavy atom. The van der Waals surface area contributed by atoms with Crippen LogP contribution >= 0.6 is 12.4 Å². The number of hydrogen-bond acceptors (Lipinski definition) is 7. The second kappa shape index (κ2) is 7.35. The van der Waals surface area contributed by atoms with Crippen molar-refractivity contribution >= 4 is 12.4 Å². The molecule has 1 unspecified atom stereocenters. The van der Waals surface area contributed by atoms with Gasteiger partial charge in [0.15, 0.2) is 23.7 Å². The molecule has 1 aliphatic rings. The predicted octanol–water partition coefficient (Wildman–Crippen LogP) is 2.70. The molecule has 1 saturated heterocycles. The van der Waals surface area contributed by atoms with Gasteiger partial charge in [0.1, 0.15) is 0 Å². The molecule has 4 rings (SSSR count). The van der Waals surface area contributed by atoms with Crippen LogP contribution in [0.5, 0.6) is 0 Å². The van der Waals surface area contributed by atoms with Crippen molar-refractivity contribution < 1.29 is 8.94 Å². The van der Waals surface area contributed by atoms with Gasteiger partial charge in [-0.05, 0) is 14.0 Å². The fourth-order valence-electron chi connectivity index (χ4n) is 2.87. The number of hydrogen-bond donors (Lipinski definition) is 1. The summed E-state index contributed by atoms with van der Waals surface area (Å²) in [7, 11) is 2.06. The van der Waals surface area contributed by atoms with E-state index in [0.29, 0.717) is 23.2 Å². The Bertz CT molecular complexity index is 830. The molecule has 1 aliphatic heterocycles. The molecule has 0 bridgehead atoms. The van der Waals surface area contributed by atoms with E-state index in [9.17, 15) is 0 Å². The SMILES string of the molecule is Cc1ccc(-c2ocnc2-c2nc(C3CNCCN3C)no2)cc1.Cl. The highest BCUT2D eigenvalue weighted by molar-refractivity contribution is 5.85. The summed E-state index contributed by atoms with van der Waals surface area (Å²) < 4.78 is 11.0. The highest BCUT2D eigenvalue weighted by Gasteiger charge is 2.27. The molecule has 1 atom stereocenters. The van der Waals surface area contributed by atoms with E-state index < -0.39 is 0 Å². The smallest absolute Gasteiger partial charge is 0.280 e. The van der Waals surface area contributed by atoms with Gasteiger partial charge in [0.25, 0.3) is 5.89 Å². The third-order valence-corrected chi connectivity index (χ3v) is 4.33. The Hall–Kier alpha value is -2.22. The highest BCUT2D eigenvalue weighted by Crippen LogP contribution is 2.31. The van der Waals surface area contributed by atoms with Gasteiger partial charge in [0, 0.05) is 25.2 Å². The predicted molar refractivity (Wildman–Crippen MR) is 95.5 cm³/mol. The van der Waals surface area contributed by atoms with E-state index in [2.05, 4.69) is 32.4 Å². The minimum absolute atomic E-state index is 0. The van der Waals surface area contributed by atoms with Gasteiger partial charge in [-0.3, -0.25) is 4.90 Å². The van der Waals surface area contributed by atoms with Crippen LogP contribution in [0.25, 0.3) is 22.9 Å². The van der Waals surface area contributed by atoms with Crippen molar-refractivity contribution in [1.82, 2.24) is 25.3 Å². The van der Waals surface area contributed by atoms with Gasteiger partial charge in [-0.15, -0.1) is 12.4 Å². The lowest BCUT2D eigenvalue weighted by molar-refractivity contribution is 0.190. The molecular weight excluding hydrogens is 342 g/mol. The third-order valence-electron chi connectivity index (χ3n) is 4.33. The number of benzene rings is 1. The molecule has 7 nitrogen and oxygen atoms in total. The summed E-state index contributed by atoms with van der Waals surface area (Å²) >= 11 is 0. The first-order valence-electron chi connectivity index (χ1n) is 7.98. The molecule has 0 saturated carbocycles. The summed E-state index contributed by atoms with van der Waals surface area (Å²) in [5.74, 6) is 1.69. The lowest BCUT2D eigenvalue weighted by Crippen LogP contribution is -2.44. The maximum Gasteiger partial charge on any atom is 0.280 e. The maximum atomic E-state index is 5.56. The maximum absolute atomic E-state index is 5.56. The largest absolute Gasteiger partial charge is 0.443 e. The number of nitrogens with one attached hydrogen (secondary N) is 1. The van der Waals surface area contributed by atoms with Crippen LogP contribution in [0.2, 0.25) is 0 Å². The number of aryl methyl sites for hydroxylation is 1. The molecule has 0 amide bonds. The number of aromatic nitrogens is 3. The van der Waals surface area contributed by atoms with Gasteiger partial charge in [-0.1, -0.05) is 35.0 Å². The average Bonchev–Trinajstić information content (AvgIpc) is 3.25. The lowest BCUT2D eigenvalue weighted by atomic mass is 10.1. The van der Waals surface area contributed by atoms with E-state index in [4.69, 9.17) is 8.94 Å². The Balaban J connectivity index is 0.00000182. The third kappa shape index (κ3) is 3.44. The van der Waals surface area contributed by atoms with E-state index in [1.807, 2.05) is 31.2 Å². The van der Waals surface area contributed by atoms with Crippen LogP contribution < -0.4 is 5.32 Å². The summed E-state index contributed by atoms with van der Waals surface area (Å²) in [5, 5.41) is 7.50. The van der Waals surface area contributed by atoms with Crippen molar-refractivity contribution in [1.29, 1.82) is 0 Å². The summed E-state index contributed by atoms with van der Waals surface area (Å²) in [6.45, 7) is 4.77. The minimum Gasteiger partial charge on any atom is -0.443 e. The molecule has 8 heteroatoms. The first-order chi connectivity index (χ1) is 11.7. The van der Waals surface area contributed by atoms with E-state index in [1.54, 1.807) is 0 Å². The zero-order valence-electron chi connectivity index (χ0n) is 14.1. The molecule has 2 aromatic heterocycles. The zero-order valence-corrected chi connectivity index (χ0v) is 14.9. The summed E-state index contributed by atoms with van der Waals surface area (Å²) in [4.78, 5) is 11.0. The average molecular weight is 362 g/mol. The molecule has 0 aliphatic carbocycles. The van der Waals surface area contributed by atoms with E-state index in [-0.39, 0.29) is 18.4 Å². The van der Waals surface area contributed by atoms with Crippen molar-refractivity contribution in [3.05, 3.63) is 42.0 Å². The van der Waals surface area contributed by atoms with Gasteiger partial charge in [0.05, 0.1) is 6.04 Å². The standard InChI is InChI=1S/C17H19N5O2.ClH/c1-11-3-5-12(6-4-11)15-14(19-10-23-15)17-20-16(21-24-17)13-9-18-7-8-22(13)2;/h3-6,10,13,18H,7-9H2,1-2H3;1H. The van der Waals surface area contributed by atoms with Crippen molar-refractivity contribution in [2.75, 3.05) is 26.7 Å². The van der Waals surface area contributed by atoms with Crippen LogP contribution in [0.3, 0.4) is 0 Å². The first kappa shape index (κ1) is 17.6. The summed E-state index contributed by atoms with van der Waals surface area (Å²) in [6, 6.07) is 8.16. The molecule has 1 N–H and O–H groups in total. The van der Waals surface area contributed by atoms with Crippen molar-refractivity contribution in [2.45, 2.75) is 13.0 Å². The van der Waals surface area contributed by atoms with E-state index in [1.165, 1.54) is 12.0 Å². The number of halogens is 1. The molecule has 0 radical (unpaired) electrons. The topological polar surface area (TPSA) is 80.2 Å². The molecule has 3 heterocycles. The van der Waals surface area contributed by atoms with Crippen molar-refractivity contribution in [2.24, 2.45) is 0 Å². The number of likely N-dealkylation sites (N-methyl/N-ethyl adjacent to an activating group) is 1. The van der Waals surface area contributed by atoms with Crippen LogP contribution in [-0.4, -0.2) is 46.7 Å². The second-order valence-electron chi connectivity index (χ2n) is 6.05. The van der Waals surface area contributed by atoms with Crippen LogP contribution in [0.4, 0.5) is 0 Å². The van der Waals surface area contributed by atoms with Crippen LogP contribution in [0.15, 0.2) is 39.6 Å². The fourth-order valence-corrected chi connectivity index (χ4v) is 2.87. The molecule has 1 fully saturated rings. The Morgan fingerprint density at radius 1 is 1.24 bits per heavy atom. The van der Waals surface area contributed by atoms with Crippen LogP contribution in [-0.2, 0) is 0 Å². The van der Waals surface area contributed by atoms with Gasteiger partial charge >= 0.3 is 0 Å². The Labute approximate surface area is 151 Å². The van der Waals surface area contributed by atoms with Gasteiger partial charge in [-0.25, -0.2) is 4.98 Å². The van der Waals surface area contributed by atoms with Crippen LogP contribution in [0, 0.1) is 6.92 Å². The normalized spacial score (nSPS) is 18.1. The number of piperazine rings is 1. The lowest BCUT2D eigenvalue weighted by Gasteiger charge is -2.30. The number of rotatable bonds is 3. The van der Waals surface area contributed by atoms with Crippen LogP contribution in [0.1, 0.15) is 17.4 Å². The second-order valence-corrected chi connectivity index (χ2v) is 6.05. The quantitative estimate of drug-likeness (QED) is 0.768. The molecule has 0 spiro atoms. The summed E-state index contributed by atoms with van der Waals surface area (Å²) in [6.07, 6.45) is 1.41. The molecule has 25 heavy (non-hydrogen) atoms. The minimum atomic E-state index is 0. The number of nitrogens with zero attached hydrogens (tertiary/aromatic N) is 4. The van der Waals surface area contributed by atoms with Gasteiger partial charge in [-0.2, -0.15) is 4.98 Å². The fraction of sp³-hybridized carbons (Fsp3) is 0.353. The van der Waals surface area contributed by atoms with Gasteiger partial charge in [0.2, 0.25) is 0 Å². The Kier molecular flexibility index (Phi) is 5.17. The molecule has 1 aromatic carbocycles. The first-order valence-corrected chi connectivity index (χ1v) is 7.98. The summed E-state index contributed by atoms with van der Waals surface area (Å²) in [5.41, 5.74) is 2.70.